The van der Waals surface area contributed by atoms with E-state index in [2.05, 4.69) is 10.6 Å². The molecule has 1 aliphatic heterocycles. The van der Waals surface area contributed by atoms with E-state index in [-0.39, 0.29) is 11.8 Å². The van der Waals surface area contributed by atoms with Crippen LogP contribution in [-0.4, -0.2) is 82.3 Å². The number of aliphatic hydroxyl groups excluding tert-OH is 1. The molecular formula is C29H47BN2O9. The molecule has 230 valence electrons. The van der Waals surface area contributed by atoms with E-state index in [4.69, 9.17) is 28.3 Å². The molecule has 0 radical (unpaired) electrons. The lowest BCUT2D eigenvalue weighted by atomic mass is 9.74. The molecule has 0 bridgehead atoms. The summed E-state index contributed by atoms with van der Waals surface area (Å²) in [5, 5.41) is 15.8. The van der Waals surface area contributed by atoms with E-state index in [1.165, 1.54) is 21.3 Å². The predicted molar refractivity (Wildman–Crippen MR) is 155 cm³/mol. The third-order valence-electron chi connectivity index (χ3n) is 8.38. The molecule has 1 aliphatic carbocycles. The maximum atomic E-state index is 13.4. The molecule has 1 heterocycles. The van der Waals surface area contributed by atoms with Gasteiger partial charge in [-0.2, -0.15) is 0 Å². The van der Waals surface area contributed by atoms with Gasteiger partial charge >= 0.3 is 7.12 Å². The second-order valence-electron chi connectivity index (χ2n) is 12.1. The molecule has 1 aromatic rings. The number of hydrogen-bond acceptors (Lipinski definition) is 9. The van der Waals surface area contributed by atoms with Gasteiger partial charge in [0.2, 0.25) is 23.3 Å². The van der Waals surface area contributed by atoms with E-state index < -0.39 is 48.7 Å². The van der Waals surface area contributed by atoms with Crippen molar-refractivity contribution < 1.29 is 43.0 Å². The van der Waals surface area contributed by atoms with Crippen molar-refractivity contribution in [3.05, 3.63) is 11.1 Å². The Morgan fingerprint density at radius 3 is 1.88 bits per heavy atom. The van der Waals surface area contributed by atoms with Gasteiger partial charge in [0.15, 0.2) is 11.5 Å². The van der Waals surface area contributed by atoms with Crippen LogP contribution in [0, 0.1) is 11.8 Å². The number of carbonyl (C=O) groups is 2. The molecule has 12 heteroatoms. The molecule has 2 aliphatic rings. The van der Waals surface area contributed by atoms with Gasteiger partial charge in [-0.05, 0) is 59.3 Å². The van der Waals surface area contributed by atoms with Crippen LogP contribution in [0.25, 0.3) is 0 Å². The van der Waals surface area contributed by atoms with Crippen LogP contribution in [0.2, 0.25) is 0 Å². The van der Waals surface area contributed by atoms with Crippen molar-refractivity contribution >= 4 is 18.9 Å². The third-order valence-corrected chi connectivity index (χ3v) is 8.38. The Morgan fingerprint density at radius 1 is 0.902 bits per heavy atom. The van der Waals surface area contributed by atoms with Crippen molar-refractivity contribution in [2.75, 3.05) is 35.0 Å². The summed E-state index contributed by atoms with van der Waals surface area (Å²) >= 11 is 0. The van der Waals surface area contributed by atoms with Crippen molar-refractivity contribution in [2.45, 2.75) is 90.4 Å². The number of fused-ring (bicyclic) bond motifs is 1. The number of rotatable bonds is 12. The lowest BCUT2D eigenvalue weighted by Gasteiger charge is -2.32. The topological polar surface area (TPSA) is 134 Å². The van der Waals surface area contributed by atoms with E-state index in [0.29, 0.717) is 48.7 Å². The van der Waals surface area contributed by atoms with Gasteiger partial charge in [-0.15, -0.1) is 0 Å². The minimum atomic E-state index is -1.14. The maximum Gasteiger partial charge on any atom is 0.481 e. The largest absolute Gasteiger partial charge is 0.492 e. The van der Waals surface area contributed by atoms with Gasteiger partial charge < -0.3 is 44.0 Å². The number of ether oxygens (including phenoxy) is 4. The molecule has 3 N–H and O–H groups in total. The van der Waals surface area contributed by atoms with E-state index in [1.54, 1.807) is 7.11 Å². The predicted octanol–water partition coefficient (Wildman–Crippen LogP) is 2.47. The standard InChI is InChI=1S/C29H47BN2O9/c1-16(2)13-21(30-40-28(3,4)29(5,6)41-30)32-27(35)20(15-33)31-26(34)17-11-12-18-19(14-17)23(37-8)25(39-10)24(38-9)22(18)36-7/h16-17,20-21,33H,11-15H2,1-10H3,(H,31,34)(H,32,35)/t17?,20-,21?/m0/s1. The lowest BCUT2D eigenvalue weighted by molar-refractivity contribution is -0.132. The van der Waals surface area contributed by atoms with E-state index >= 15 is 0 Å². The number of benzene rings is 1. The van der Waals surface area contributed by atoms with Crippen LogP contribution in [0.3, 0.4) is 0 Å². The van der Waals surface area contributed by atoms with Crippen LogP contribution in [0.4, 0.5) is 0 Å². The molecule has 0 spiro atoms. The molecule has 3 rings (SSSR count). The lowest BCUT2D eigenvalue weighted by Crippen LogP contribution is -2.56. The van der Waals surface area contributed by atoms with Crippen molar-refractivity contribution in [3.8, 4) is 23.0 Å². The van der Waals surface area contributed by atoms with Crippen LogP contribution in [0.5, 0.6) is 23.0 Å². The zero-order valence-electron chi connectivity index (χ0n) is 26.1. The average molecular weight is 579 g/mol. The SMILES string of the molecule is COc1c2c(c(OC)c(OC)c1OC)CC(C(=O)N[C@@H](CO)C(=O)NC(CC(C)C)B1OC(C)(C)C(C)(C)O1)CC2. The summed E-state index contributed by atoms with van der Waals surface area (Å²) in [6, 6.07) is -1.14. The van der Waals surface area contributed by atoms with Crippen LogP contribution >= 0.6 is 0 Å². The Bertz CT molecular complexity index is 1070. The zero-order valence-corrected chi connectivity index (χ0v) is 26.1. The van der Waals surface area contributed by atoms with Gasteiger partial charge in [-0.1, -0.05) is 13.8 Å². The van der Waals surface area contributed by atoms with Gasteiger partial charge in [0, 0.05) is 17.0 Å². The monoisotopic (exact) mass is 578 g/mol. The van der Waals surface area contributed by atoms with Gasteiger partial charge in [-0.3, -0.25) is 9.59 Å². The van der Waals surface area contributed by atoms with Gasteiger partial charge in [0.1, 0.15) is 6.04 Å². The number of aliphatic hydroxyl groups is 1. The first kappa shape index (κ1) is 32.8. The third kappa shape index (κ3) is 6.70. The maximum absolute atomic E-state index is 13.4. The van der Waals surface area contributed by atoms with Crippen LogP contribution < -0.4 is 29.6 Å². The van der Waals surface area contributed by atoms with Crippen molar-refractivity contribution in [1.82, 2.24) is 10.6 Å². The van der Waals surface area contributed by atoms with Crippen molar-refractivity contribution in [1.29, 1.82) is 0 Å². The Labute approximate surface area is 244 Å². The number of carbonyl (C=O) groups excluding carboxylic acids is 2. The first-order valence-corrected chi connectivity index (χ1v) is 14.2. The Hall–Kier alpha value is -2.70. The summed E-state index contributed by atoms with van der Waals surface area (Å²) in [6.07, 6.45) is 1.98. The summed E-state index contributed by atoms with van der Waals surface area (Å²) in [5.74, 6) is 0.331. The highest BCUT2D eigenvalue weighted by Gasteiger charge is 2.54. The fourth-order valence-corrected chi connectivity index (χ4v) is 5.49. The second kappa shape index (κ2) is 13.1. The number of hydrogen-bond donors (Lipinski definition) is 3. The molecule has 3 atom stereocenters. The van der Waals surface area contributed by atoms with E-state index in [9.17, 15) is 14.7 Å². The fraction of sp³-hybridized carbons (Fsp3) is 0.724. The molecule has 0 saturated carbocycles. The Balaban J connectivity index is 1.77. The quantitative estimate of drug-likeness (QED) is 0.320. The molecule has 2 amide bonds. The van der Waals surface area contributed by atoms with Gasteiger partial charge in [0.05, 0.1) is 52.2 Å². The molecule has 1 saturated heterocycles. The summed E-state index contributed by atoms with van der Waals surface area (Å²) in [5.41, 5.74) is 0.559. The minimum absolute atomic E-state index is 0.242. The highest BCUT2D eigenvalue weighted by Crippen LogP contribution is 2.52. The highest BCUT2D eigenvalue weighted by atomic mass is 16.7. The van der Waals surface area contributed by atoms with Crippen LogP contribution in [0.1, 0.15) is 65.5 Å². The van der Waals surface area contributed by atoms with Crippen molar-refractivity contribution in [3.63, 3.8) is 0 Å². The molecule has 41 heavy (non-hydrogen) atoms. The van der Waals surface area contributed by atoms with E-state index in [0.717, 1.165) is 11.1 Å². The highest BCUT2D eigenvalue weighted by molar-refractivity contribution is 6.48. The Morgan fingerprint density at radius 2 is 1.41 bits per heavy atom. The normalized spacial score (nSPS) is 20.6. The van der Waals surface area contributed by atoms with E-state index in [1.807, 2.05) is 41.5 Å². The van der Waals surface area contributed by atoms with Crippen LogP contribution in [-0.2, 0) is 31.7 Å². The molecule has 1 aromatic carbocycles. The fourth-order valence-electron chi connectivity index (χ4n) is 5.49. The molecule has 11 nitrogen and oxygen atoms in total. The summed E-state index contributed by atoms with van der Waals surface area (Å²) in [4.78, 5) is 26.8. The van der Waals surface area contributed by atoms with Gasteiger partial charge in [0.25, 0.3) is 0 Å². The minimum Gasteiger partial charge on any atom is -0.492 e. The Kier molecular flexibility index (Phi) is 10.5. The smallest absolute Gasteiger partial charge is 0.481 e. The average Bonchev–Trinajstić information content (AvgIpc) is 3.14. The molecule has 0 aromatic heterocycles. The summed E-state index contributed by atoms with van der Waals surface area (Å²) < 4.78 is 34.8. The first-order chi connectivity index (χ1) is 19.2. The number of methoxy groups -OCH3 is 4. The first-order valence-electron chi connectivity index (χ1n) is 14.2. The molecule has 1 fully saturated rings. The zero-order chi connectivity index (χ0) is 30.7. The molecular weight excluding hydrogens is 531 g/mol. The van der Waals surface area contributed by atoms with Gasteiger partial charge in [-0.25, -0.2) is 0 Å². The second-order valence-corrected chi connectivity index (χ2v) is 12.1. The molecule has 2 unspecified atom stereocenters. The van der Waals surface area contributed by atoms with Crippen molar-refractivity contribution in [2.24, 2.45) is 11.8 Å². The number of nitrogens with one attached hydrogen (secondary N) is 2. The summed E-state index contributed by atoms with van der Waals surface area (Å²) in [7, 11) is 5.48. The summed E-state index contributed by atoms with van der Waals surface area (Å²) in [6.45, 7) is 11.4. The number of amides is 2. The van der Waals surface area contributed by atoms with Crippen LogP contribution in [0.15, 0.2) is 0 Å².